The maximum Gasteiger partial charge on any atom is 0.357 e. The monoisotopic (exact) mass is 646 g/mol. The van der Waals surface area contributed by atoms with Crippen LogP contribution < -0.4 is 15.0 Å². The number of nitrogens with one attached hydrogen (secondary N) is 1. The minimum absolute atomic E-state index is 0.210. The highest BCUT2D eigenvalue weighted by atomic mass is 32.1. The number of amides is 1. The average Bonchev–Trinajstić information content (AvgIpc) is 3.68. The number of nitrogens with zero attached hydrogens (tertiary/aromatic N) is 3. The minimum Gasteiger partial charge on any atom is -0.490 e. The van der Waals surface area contributed by atoms with E-state index in [1.807, 2.05) is 56.3 Å². The largest absolute Gasteiger partial charge is 0.490 e. The number of para-hydroxylation sites is 2. The van der Waals surface area contributed by atoms with E-state index in [0.717, 1.165) is 38.2 Å². The van der Waals surface area contributed by atoms with Gasteiger partial charge in [0.15, 0.2) is 27.5 Å². The van der Waals surface area contributed by atoms with Crippen LogP contribution in [0, 0.1) is 12.7 Å². The third-order valence-electron chi connectivity index (χ3n) is 7.33. The molecule has 3 heterocycles. The molecule has 0 aliphatic carbocycles. The molecular weight excluding hydrogens is 612 g/mol. The molecule has 5 aromatic rings. The lowest BCUT2D eigenvalue weighted by molar-refractivity contribution is 0.0593. The van der Waals surface area contributed by atoms with Gasteiger partial charge < -0.3 is 14.4 Å². The Morgan fingerprint density at radius 3 is 2.60 bits per heavy atom. The molecule has 45 heavy (non-hydrogen) atoms. The molecule has 0 radical (unpaired) electrons. The van der Waals surface area contributed by atoms with Crippen LogP contribution in [0.5, 0.6) is 5.75 Å². The van der Waals surface area contributed by atoms with E-state index in [1.165, 1.54) is 35.8 Å². The molecule has 0 spiro atoms. The summed E-state index contributed by atoms with van der Waals surface area (Å²) < 4.78 is 25.9. The fourth-order valence-electron chi connectivity index (χ4n) is 5.15. The summed E-state index contributed by atoms with van der Waals surface area (Å²) in [5, 5.41) is 4.22. The molecule has 234 valence electrons. The first-order chi connectivity index (χ1) is 21.9. The zero-order chi connectivity index (χ0) is 31.9. The van der Waals surface area contributed by atoms with Gasteiger partial charge in [-0.05, 0) is 67.1 Å². The van der Waals surface area contributed by atoms with E-state index in [-0.39, 0.29) is 17.4 Å². The third kappa shape index (κ3) is 7.15. The Kier molecular flexibility index (Phi) is 10.4. The van der Waals surface area contributed by atoms with Crippen molar-refractivity contribution in [3.8, 4) is 5.75 Å². The number of hydrogen-bond acceptors (Lipinski definition) is 9. The van der Waals surface area contributed by atoms with E-state index in [4.69, 9.17) is 9.47 Å². The van der Waals surface area contributed by atoms with Crippen LogP contribution in [0.1, 0.15) is 62.7 Å². The van der Waals surface area contributed by atoms with E-state index < -0.39 is 11.8 Å². The topological polar surface area (TPSA) is 93.7 Å². The quantitative estimate of drug-likeness (QED) is 0.129. The number of ether oxygens (including phenoxy) is 2. The van der Waals surface area contributed by atoms with Crippen LogP contribution in [0.15, 0.2) is 60.7 Å². The van der Waals surface area contributed by atoms with Crippen molar-refractivity contribution in [2.75, 3.05) is 30.5 Å². The maximum atomic E-state index is 14.1. The lowest BCUT2D eigenvalue weighted by Crippen LogP contribution is -2.32. The van der Waals surface area contributed by atoms with Crippen LogP contribution in [-0.4, -0.2) is 42.1 Å². The number of esters is 1. The van der Waals surface area contributed by atoms with E-state index in [2.05, 4.69) is 20.2 Å². The molecule has 0 fully saturated rings. The Morgan fingerprint density at radius 2 is 1.82 bits per heavy atom. The van der Waals surface area contributed by atoms with Crippen molar-refractivity contribution >= 4 is 55.0 Å². The van der Waals surface area contributed by atoms with Crippen LogP contribution >= 0.6 is 22.7 Å². The second-order valence-corrected chi connectivity index (χ2v) is 12.2. The van der Waals surface area contributed by atoms with Crippen molar-refractivity contribution in [1.29, 1.82) is 0 Å². The van der Waals surface area contributed by atoms with Gasteiger partial charge in [-0.1, -0.05) is 61.6 Å². The number of methoxy groups -OCH3 is 1. The molecular formula is C34H35FN4O4S2. The van der Waals surface area contributed by atoms with E-state index in [9.17, 15) is 14.0 Å². The summed E-state index contributed by atoms with van der Waals surface area (Å²) >= 11 is 2.87. The third-order valence-corrected chi connectivity index (χ3v) is 9.45. The van der Waals surface area contributed by atoms with E-state index >= 15 is 0 Å². The molecule has 0 saturated heterocycles. The van der Waals surface area contributed by atoms with Crippen molar-refractivity contribution in [2.24, 2.45) is 0 Å². The van der Waals surface area contributed by atoms with Gasteiger partial charge in [-0.15, -0.1) is 11.3 Å². The normalized spacial score (nSPS) is 12.2. The van der Waals surface area contributed by atoms with Gasteiger partial charge in [0.1, 0.15) is 0 Å². The van der Waals surface area contributed by atoms with Crippen LogP contribution in [0.4, 0.5) is 14.7 Å². The molecule has 6 rings (SSSR count). The number of carbonyl (C=O) groups is 2. The standard InChI is InChI=1S/C32H29FN4O4S2.C2H6/c1-19-8-5-11-23(33)28(19)41-17-7-14-26-27(30(39)40-2)35-32(43-26)37-16-15-20-9-6-10-21(22(20)18-37)29(38)36-31-34-24-12-3-4-13-25(24)42-31;1-2/h3-6,8-13H,7,14-18H2,1-2H3,(H,34,36,38);1-2H3. The summed E-state index contributed by atoms with van der Waals surface area (Å²) in [4.78, 5) is 38.1. The van der Waals surface area contributed by atoms with Gasteiger partial charge in [0.25, 0.3) is 5.91 Å². The molecule has 8 nitrogen and oxygen atoms in total. The average molecular weight is 647 g/mol. The van der Waals surface area contributed by atoms with Crippen LogP contribution in [0.3, 0.4) is 0 Å². The zero-order valence-corrected chi connectivity index (χ0v) is 27.3. The summed E-state index contributed by atoms with van der Waals surface area (Å²) in [7, 11) is 1.34. The first-order valence-electron chi connectivity index (χ1n) is 14.9. The molecule has 0 bridgehead atoms. The molecule has 1 amide bonds. The van der Waals surface area contributed by atoms with Gasteiger partial charge in [-0.2, -0.15) is 0 Å². The van der Waals surface area contributed by atoms with Crippen molar-refractivity contribution in [2.45, 2.75) is 46.6 Å². The van der Waals surface area contributed by atoms with Gasteiger partial charge in [0.05, 0.1) is 23.9 Å². The predicted molar refractivity (Wildman–Crippen MR) is 179 cm³/mol. The molecule has 11 heteroatoms. The Morgan fingerprint density at radius 1 is 1.02 bits per heavy atom. The summed E-state index contributed by atoms with van der Waals surface area (Å²) in [6, 6.07) is 18.4. The molecule has 0 atom stereocenters. The lowest BCUT2D eigenvalue weighted by atomic mass is 9.94. The zero-order valence-electron chi connectivity index (χ0n) is 25.7. The van der Waals surface area contributed by atoms with Crippen LogP contribution in [0.2, 0.25) is 0 Å². The summed E-state index contributed by atoms with van der Waals surface area (Å²) in [5.74, 6) is -0.862. The molecule has 1 aliphatic rings. The van der Waals surface area contributed by atoms with Gasteiger partial charge >= 0.3 is 5.97 Å². The number of rotatable bonds is 9. The smallest absolute Gasteiger partial charge is 0.357 e. The van der Waals surface area contributed by atoms with Crippen LogP contribution in [-0.2, 0) is 24.1 Å². The number of aryl methyl sites for hydroxylation is 2. The summed E-state index contributed by atoms with van der Waals surface area (Å²) in [5.41, 5.74) is 4.48. The number of fused-ring (bicyclic) bond motifs is 2. The number of hydrogen-bond donors (Lipinski definition) is 1. The molecule has 1 aliphatic heterocycles. The Bertz CT molecular complexity index is 1770. The predicted octanol–water partition coefficient (Wildman–Crippen LogP) is 7.84. The van der Waals surface area contributed by atoms with Gasteiger partial charge in [0, 0.05) is 23.5 Å². The Labute approximate surface area is 269 Å². The maximum absolute atomic E-state index is 14.1. The molecule has 1 N–H and O–H groups in total. The highest BCUT2D eigenvalue weighted by Crippen LogP contribution is 2.34. The van der Waals surface area contributed by atoms with E-state index in [1.54, 1.807) is 19.1 Å². The van der Waals surface area contributed by atoms with Crippen molar-refractivity contribution in [3.05, 3.63) is 99.3 Å². The highest BCUT2D eigenvalue weighted by molar-refractivity contribution is 7.22. The van der Waals surface area contributed by atoms with Crippen molar-refractivity contribution in [1.82, 2.24) is 9.97 Å². The number of anilines is 2. The van der Waals surface area contributed by atoms with Crippen molar-refractivity contribution < 1.29 is 23.5 Å². The van der Waals surface area contributed by atoms with Gasteiger partial charge in [0.2, 0.25) is 0 Å². The first kappa shape index (κ1) is 32.1. The lowest BCUT2D eigenvalue weighted by Gasteiger charge is -2.29. The fraction of sp³-hybridized carbons (Fsp3) is 0.294. The molecule has 3 aromatic carbocycles. The second kappa shape index (κ2) is 14.6. The fourth-order valence-corrected chi connectivity index (χ4v) is 7.13. The number of thiazole rings is 2. The van der Waals surface area contributed by atoms with Gasteiger partial charge in [-0.25, -0.2) is 19.2 Å². The van der Waals surface area contributed by atoms with Gasteiger partial charge in [-0.3, -0.25) is 10.1 Å². The Hall–Kier alpha value is -4.35. The number of carbonyl (C=O) groups excluding carboxylic acids is 2. The molecule has 0 saturated carbocycles. The SMILES string of the molecule is CC.COC(=O)c1nc(N2CCc3cccc(C(=O)Nc4nc5ccccc5s4)c3C2)sc1CCCOc1c(C)cccc1F. The summed E-state index contributed by atoms with van der Waals surface area (Å²) in [6.45, 7) is 7.26. The number of halogens is 1. The van der Waals surface area contributed by atoms with Crippen LogP contribution in [0.25, 0.3) is 10.2 Å². The summed E-state index contributed by atoms with van der Waals surface area (Å²) in [6.07, 6.45) is 1.82. The highest BCUT2D eigenvalue weighted by Gasteiger charge is 2.27. The van der Waals surface area contributed by atoms with E-state index in [0.29, 0.717) is 48.4 Å². The second-order valence-electron chi connectivity index (χ2n) is 10.2. The Balaban J connectivity index is 0.00000196. The first-order valence-corrected chi connectivity index (χ1v) is 16.5. The minimum atomic E-state index is -0.503. The van der Waals surface area contributed by atoms with Crippen molar-refractivity contribution in [3.63, 3.8) is 0 Å². The molecule has 0 unspecified atom stereocenters. The number of benzene rings is 3. The molecule has 2 aromatic heterocycles. The number of aromatic nitrogens is 2.